The number of urea groups is 1. The number of ether oxygens (including phenoxy) is 3. The molecule has 1 aromatic carbocycles. The number of nitrogens with zero attached hydrogens (tertiary/aromatic N) is 1. The van der Waals surface area contributed by atoms with E-state index in [1.807, 2.05) is 13.8 Å². The first kappa shape index (κ1) is 27.0. The molecular weight excluding hydrogens is 452 g/mol. The van der Waals surface area contributed by atoms with Gasteiger partial charge >= 0.3 is 12.0 Å². The van der Waals surface area contributed by atoms with Crippen molar-refractivity contribution in [3.05, 3.63) is 22.2 Å². The summed E-state index contributed by atoms with van der Waals surface area (Å²) in [7, 11) is 1.56. The zero-order chi connectivity index (χ0) is 24.9. The number of amides is 2. The quantitative estimate of drug-likeness (QED) is 0.434. The van der Waals surface area contributed by atoms with E-state index in [1.165, 1.54) is 4.90 Å². The van der Waals surface area contributed by atoms with E-state index in [0.29, 0.717) is 42.4 Å². The summed E-state index contributed by atoms with van der Waals surface area (Å²) in [6, 6.07) is 0.589. The lowest BCUT2D eigenvalue weighted by atomic mass is 9.74. The molecule has 2 rings (SSSR count). The van der Waals surface area contributed by atoms with E-state index < -0.39 is 29.7 Å². The molecule has 2 amide bonds. The lowest BCUT2D eigenvalue weighted by molar-refractivity contribution is -0.156. The van der Waals surface area contributed by atoms with Crippen LogP contribution in [0.4, 0.5) is 4.79 Å². The Hall–Kier alpha value is -2.23. The zero-order valence-electron chi connectivity index (χ0n) is 20.1. The van der Waals surface area contributed by atoms with Gasteiger partial charge in [-0.1, -0.05) is 11.6 Å². The molecule has 0 aromatic heterocycles. The van der Waals surface area contributed by atoms with Gasteiger partial charge in [0.25, 0.3) is 0 Å². The second kappa shape index (κ2) is 11.3. The van der Waals surface area contributed by atoms with Crippen molar-refractivity contribution in [2.45, 2.75) is 71.2 Å². The molecule has 1 aliphatic rings. The number of aliphatic carboxylic acids is 1. The van der Waals surface area contributed by atoms with Crippen molar-refractivity contribution in [1.29, 1.82) is 0 Å². The van der Waals surface area contributed by atoms with Crippen LogP contribution in [0, 0.1) is 0 Å². The molecule has 1 saturated carbocycles. The van der Waals surface area contributed by atoms with Crippen LogP contribution in [-0.4, -0.2) is 65.6 Å². The molecule has 33 heavy (non-hydrogen) atoms. The molecule has 1 aromatic rings. The maximum absolute atomic E-state index is 13.0. The van der Waals surface area contributed by atoms with Crippen LogP contribution in [0.5, 0.6) is 11.5 Å². The first-order valence-corrected chi connectivity index (χ1v) is 11.6. The molecule has 0 bridgehead atoms. The highest BCUT2D eigenvalue weighted by Gasteiger charge is 2.52. The number of halogens is 1. The summed E-state index contributed by atoms with van der Waals surface area (Å²) in [6.07, 6.45) is -0.670. The van der Waals surface area contributed by atoms with Gasteiger partial charge in [-0.2, -0.15) is 0 Å². The molecule has 3 N–H and O–H groups in total. The Labute approximate surface area is 199 Å². The Kier molecular flexibility index (Phi) is 9.22. The van der Waals surface area contributed by atoms with E-state index in [-0.39, 0.29) is 24.0 Å². The van der Waals surface area contributed by atoms with Crippen molar-refractivity contribution >= 4 is 23.6 Å². The number of hydrogen-bond donors (Lipinski definition) is 3. The fourth-order valence-electron chi connectivity index (χ4n) is 3.98. The standard InChI is InChI=1S/C23H35ClN2O7/c1-7-31-15-11-23(12-15,21(28)29)25-22(30)26(6)13(4)16-10-17(32-8-2)18(14(5)27)20(19(16)24)33-9-3/h10,13-15,27H,7-9,11-12H2,1-6H3,(H,25,30)(H,28,29)/t13-,14?,15-,23+/m1/s1. The molecule has 0 saturated heterocycles. The number of carbonyl (C=O) groups is 2. The molecule has 186 valence electrons. The number of rotatable bonds is 11. The van der Waals surface area contributed by atoms with Gasteiger partial charge in [0.15, 0.2) is 0 Å². The normalized spacial score (nSPS) is 21.5. The van der Waals surface area contributed by atoms with Gasteiger partial charge in [-0.25, -0.2) is 9.59 Å². The summed E-state index contributed by atoms with van der Waals surface area (Å²) < 4.78 is 16.9. The predicted molar refractivity (Wildman–Crippen MR) is 124 cm³/mol. The lowest BCUT2D eigenvalue weighted by Gasteiger charge is -2.45. The highest BCUT2D eigenvalue weighted by molar-refractivity contribution is 6.33. The fraction of sp³-hybridized carbons (Fsp3) is 0.652. The first-order chi connectivity index (χ1) is 15.5. The minimum atomic E-state index is -1.36. The van der Waals surface area contributed by atoms with E-state index in [4.69, 9.17) is 25.8 Å². The maximum Gasteiger partial charge on any atom is 0.329 e. The number of benzene rings is 1. The van der Waals surface area contributed by atoms with Gasteiger partial charge in [-0.15, -0.1) is 0 Å². The van der Waals surface area contributed by atoms with Crippen molar-refractivity contribution in [3.63, 3.8) is 0 Å². The molecule has 2 atom stereocenters. The summed E-state index contributed by atoms with van der Waals surface area (Å²) in [5, 5.41) is 22.9. The molecular formula is C23H35ClN2O7. The number of aliphatic hydroxyl groups excluding tert-OH is 1. The van der Waals surface area contributed by atoms with Gasteiger partial charge in [0.05, 0.1) is 42.0 Å². The van der Waals surface area contributed by atoms with Gasteiger partial charge in [-0.3, -0.25) is 0 Å². The van der Waals surface area contributed by atoms with Crippen LogP contribution in [0.2, 0.25) is 5.02 Å². The van der Waals surface area contributed by atoms with Gasteiger partial charge in [0, 0.05) is 32.1 Å². The maximum atomic E-state index is 13.0. The number of nitrogens with one attached hydrogen (secondary N) is 1. The topological polar surface area (TPSA) is 118 Å². The molecule has 1 unspecified atom stereocenters. The van der Waals surface area contributed by atoms with Crippen LogP contribution < -0.4 is 14.8 Å². The molecule has 1 fully saturated rings. The Morgan fingerprint density at radius 3 is 2.30 bits per heavy atom. The number of aliphatic hydroxyl groups is 1. The van der Waals surface area contributed by atoms with E-state index in [9.17, 15) is 19.8 Å². The van der Waals surface area contributed by atoms with Crippen LogP contribution in [-0.2, 0) is 9.53 Å². The third kappa shape index (κ3) is 5.65. The smallest absolute Gasteiger partial charge is 0.329 e. The largest absolute Gasteiger partial charge is 0.493 e. The van der Waals surface area contributed by atoms with Crippen molar-refractivity contribution < 1.29 is 34.0 Å². The minimum Gasteiger partial charge on any atom is -0.493 e. The van der Waals surface area contributed by atoms with Crippen molar-refractivity contribution in [2.75, 3.05) is 26.9 Å². The number of carboxylic acid groups (broad SMARTS) is 1. The SMILES string of the molecule is CCOc1cc([C@@H](C)N(C)C(=O)N[C@]2(C(=O)O)C[C@H](OCC)C2)c(Cl)c(OCC)c1C(C)O. The Morgan fingerprint density at radius 2 is 1.82 bits per heavy atom. The van der Waals surface area contributed by atoms with Crippen LogP contribution >= 0.6 is 11.6 Å². The summed E-state index contributed by atoms with van der Waals surface area (Å²) in [5.41, 5.74) is -0.374. The van der Waals surface area contributed by atoms with Crippen LogP contribution in [0.15, 0.2) is 6.07 Å². The van der Waals surface area contributed by atoms with Crippen molar-refractivity contribution in [3.8, 4) is 11.5 Å². The van der Waals surface area contributed by atoms with E-state index in [2.05, 4.69) is 5.32 Å². The second-order valence-electron chi connectivity index (χ2n) is 8.15. The van der Waals surface area contributed by atoms with Gasteiger partial charge < -0.3 is 34.6 Å². The predicted octanol–water partition coefficient (Wildman–Crippen LogP) is 3.92. The summed E-state index contributed by atoms with van der Waals surface area (Å²) in [6.45, 7) is 10.00. The first-order valence-electron chi connectivity index (χ1n) is 11.2. The Morgan fingerprint density at radius 1 is 1.21 bits per heavy atom. The number of carboxylic acids is 1. The molecule has 0 radical (unpaired) electrons. The third-order valence-corrected chi connectivity index (χ3v) is 6.31. The van der Waals surface area contributed by atoms with E-state index in [0.717, 1.165) is 0 Å². The van der Waals surface area contributed by atoms with Gasteiger partial charge in [0.2, 0.25) is 0 Å². The summed E-state index contributed by atoms with van der Waals surface area (Å²) in [5.74, 6) is -0.377. The van der Waals surface area contributed by atoms with Crippen molar-refractivity contribution in [2.24, 2.45) is 0 Å². The molecule has 0 spiro atoms. The Bertz CT molecular complexity index is 856. The zero-order valence-corrected chi connectivity index (χ0v) is 20.9. The molecule has 9 nitrogen and oxygen atoms in total. The average Bonchev–Trinajstić information content (AvgIpc) is 2.72. The number of carbonyl (C=O) groups excluding carboxylic acids is 1. The summed E-state index contributed by atoms with van der Waals surface area (Å²) in [4.78, 5) is 26.3. The van der Waals surface area contributed by atoms with Crippen LogP contribution in [0.25, 0.3) is 0 Å². The van der Waals surface area contributed by atoms with E-state index in [1.54, 1.807) is 33.9 Å². The highest BCUT2D eigenvalue weighted by atomic mass is 35.5. The minimum absolute atomic E-state index is 0.195. The molecule has 0 aliphatic heterocycles. The van der Waals surface area contributed by atoms with Gasteiger partial charge in [-0.05, 0) is 40.7 Å². The fourth-order valence-corrected chi connectivity index (χ4v) is 4.35. The van der Waals surface area contributed by atoms with E-state index >= 15 is 0 Å². The third-order valence-electron chi connectivity index (χ3n) is 5.92. The second-order valence-corrected chi connectivity index (χ2v) is 8.53. The van der Waals surface area contributed by atoms with Crippen molar-refractivity contribution in [1.82, 2.24) is 10.2 Å². The Balaban J connectivity index is 2.34. The molecule has 10 heteroatoms. The van der Waals surface area contributed by atoms with Gasteiger partial charge in [0.1, 0.15) is 17.0 Å². The van der Waals surface area contributed by atoms with Crippen LogP contribution in [0.1, 0.15) is 70.7 Å². The highest BCUT2D eigenvalue weighted by Crippen LogP contribution is 2.45. The average molecular weight is 487 g/mol. The number of hydrogen-bond acceptors (Lipinski definition) is 6. The van der Waals surface area contributed by atoms with Crippen LogP contribution in [0.3, 0.4) is 0 Å². The molecule has 0 heterocycles. The molecule has 1 aliphatic carbocycles. The lowest BCUT2D eigenvalue weighted by Crippen LogP contribution is -2.66. The summed E-state index contributed by atoms with van der Waals surface area (Å²) >= 11 is 6.67. The monoisotopic (exact) mass is 486 g/mol.